The van der Waals surface area contributed by atoms with Crippen molar-refractivity contribution >= 4 is 40.1 Å². The SMILES string of the molecule is COc1ccc2ncc(Cl)c([C@@H](F)CCC3(C(=O)O)CCN(CC#Cc4ccc(Cl)cc4F)CC3)c2c1. The van der Waals surface area contributed by atoms with Gasteiger partial charge < -0.3 is 9.84 Å². The predicted molar refractivity (Wildman–Crippen MR) is 140 cm³/mol. The molecule has 0 radical (unpaired) electrons. The second kappa shape index (κ2) is 11.6. The number of hydrogen-bond acceptors (Lipinski definition) is 4. The van der Waals surface area contributed by atoms with Crippen molar-refractivity contribution in [3.05, 3.63) is 69.6 Å². The number of methoxy groups -OCH3 is 1. The van der Waals surface area contributed by atoms with Gasteiger partial charge in [0.15, 0.2) is 0 Å². The van der Waals surface area contributed by atoms with Crippen LogP contribution in [0.15, 0.2) is 42.6 Å². The number of carboxylic acid groups (broad SMARTS) is 1. The minimum absolute atomic E-state index is 0.0119. The molecule has 5 nitrogen and oxygen atoms in total. The number of nitrogens with zero attached hydrogens (tertiary/aromatic N) is 2. The highest BCUT2D eigenvalue weighted by atomic mass is 35.5. The van der Waals surface area contributed by atoms with Crippen LogP contribution in [0, 0.1) is 23.1 Å². The molecule has 1 atom stereocenters. The maximum absolute atomic E-state index is 15.6. The largest absolute Gasteiger partial charge is 0.497 e. The van der Waals surface area contributed by atoms with Crippen molar-refractivity contribution in [3.63, 3.8) is 0 Å². The standard InChI is InChI=1S/C28H26Cl2F2N2O3/c1-37-20-6-7-25-21(16-20)26(22(30)17-33-25)23(31)8-9-28(27(35)36)10-13-34(14-11-28)12-2-3-18-4-5-19(29)15-24(18)32/h4-7,15-17,23H,8-14H2,1H3,(H,35,36)/t23-/m0/s1. The molecule has 0 amide bonds. The number of carbonyl (C=O) groups is 1. The molecule has 0 spiro atoms. The highest BCUT2D eigenvalue weighted by molar-refractivity contribution is 6.32. The van der Waals surface area contributed by atoms with Crippen LogP contribution in [0.25, 0.3) is 10.9 Å². The van der Waals surface area contributed by atoms with E-state index in [9.17, 15) is 14.3 Å². The zero-order chi connectivity index (χ0) is 26.6. The van der Waals surface area contributed by atoms with Crippen LogP contribution in [-0.4, -0.2) is 47.7 Å². The maximum Gasteiger partial charge on any atom is 0.309 e. The Labute approximate surface area is 224 Å². The summed E-state index contributed by atoms with van der Waals surface area (Å²) in [5.74, 6) is 4.89. The third-order valence-corrected chi connectivity index (χ3v) is 7.52. The molecular weight excluding hydrogens is 521 g/mol. The third-order valence-electron chi connectivity index (χ3n) is 6.98. The number of halogens is 4. The minimum atomic E-state index is -1.46. The van der Waals surface area contributed by atoms with E-state index in [1.54, 1.807) is 24.3 Å². The van der Waals surface area contributed by atoms with Crippen LogP contribution < -0.4 is 4.74 Å². The number of aromatic nitrogens is 1. The molecule has 194 valence electrons. The van der Waals surface area contributed by atoms with Gasteiger partial charge in [-0.3, -0.25) is 14.7 Å². The molecule has 2 aromatic carbocycles. The van der Waals surface area contributed by atoms with Crippen LogP contribution in [0.2, 0.25) is 10.0 Å². The van der Waals surface area contributed by atoms with Gasteiger partial charge in [-0.25, -0.2) is 8.78 Å². The van der Waals surface area contributed by atoms with Gasteiger partial charge in [0.2, 0.25) is 0 Å². The molecule has 2 heterocycles. The van der Waals surface area contributed by atoms with Crippen LogP contribution in [0.5, 0.6) is 5.75 Å². The lowest BCUT2D eigenvalue weighted by atomic mass is 9.74. The number of pyridine rings is 1. The Bertz CT molecular complexity index is 1360. The first-order valence-corrected chi connectivity index (χ1v) is 12.6. The second-order valence-electron chi connectivity index (χ2n) is 9.20. The first-order chi connectivity index (χ1) is 17.7. The van der Waals surface area contributed by atoms with E-state index in [4.69, 9.17) is 27.9 Å². The summed E-state index contributed by atoms with van der Waals surface area (Å²) >= 11 is 12.1. The van der Waals surface area contributed by atoms with Crippen molar-refractivity contribution in [2.75, 3.05) is 26.7 Å². The van der Waals surface area contributed by atoms with E-state index in [-0.39, 0.29) is 23.4 Å². The molecule has 9 heteroatoms. The smallest absolute Gasteiger partial charge is 0.309 e. The Morgan fingerprint density at radius 1 is 1.24 bits per heavy atom. The Morgan fingerprint density at radius 2 is 2.00 bits per heavy atom. The van der Waals surface area contributed by atoms with Gasteiger partial charge in [0.05, 0.1) is 35.2 Å². The number of rotatable bonds is 7. The molecule has 1 fully saturated rings. The number of piperidine rings is 1. The van der Waals surface area contributed by atoms with Gasteiger partial charge >= 0.3 is 5.97 Å². The zero-order valence-electron chi connectivity index (χ0n) is 20.2. The molecule has 3 aromatic rings. The normalized spacial score (nSPS) is 16.1. The Morgan fingerprint density at radius 3 is 2.68 bits per heavy atom. The van der Waals surface area contributed by atoms with E-state index in [2.05, 4.69) is 16.8 Å². The number of fused-ring (bicyclic) bond motifs is 1. The van der Waals surface area contributed by atoms with E-state index in [0.717, 1.165) is 0 Å². The number of alkyl halides is 1. The van der Waals surface area contributed by atoms with Crippen LogP contribution in [-0.2, 0) is 4.79 Å². The molecule has 0 saturated carbocycles. The van der Waals surface area contributed by atoms with Crippen LogP contribution >= 0.6 is 23.2 Å². The van der Waals surface area contributed by atoms with Gasteiger partial charge in [-0.05, 0) is 62.1 Å². The Balaban J connectivity index is 1.41. The van der Waals surface area contributed by atoms with E-state index in [0.29, 0.717) is 59.7 Å². The van der Waals surface area contributed by atoms with E-state index >= 15 is 4.39 Å². The lowest BCUT2D eigenvalue weighted by Crippen LogP contribution is -2.44. The van der Waals surface area contributed by atoms with Gasteiger partial charge in [0.25, 0.3) is 0 Å². The van der Waals surface area contributed by atoms with E-state index in [1.807, 2.05) is 4.90 Å². The maximum atomic E-state index is 15.6. The average Bonchev–Trinajstić information content (AvgIpc) is 2.88. The number of benzene rings is 2. The minimum Gasteiger partial charge on any atom is -0.497 e. The fourth-order valence-corrected chi connectivity index (χ4v) is 5.14. The van der Waals surface area contributed by atoms with E-state index in [1.165, 1.54) is 25.4 Å². The summed E-state index contributed by atoms with van der Waals surface area (Å²) in [6.07, 6.45) is 0.872. The second-order valence-corrected chi connectivity index (χ2v) is 10.0. The van der Waals surface area contributed by atoms with Gasteiger partial charge in [0, 0.05) is 35.3 Å². The first-order valence-electron chi connectivity index (χ1n) is 11.9. The van der Waals surface area contributed by atoms with Crippen molar-refractivity contribution in [2.45, 2.75) is 31.9 Å². The molecule has 1 aliphatic heterocycles. The quantitative estimate of drug-likeness (QED) is 0.334. The summed E-state index contributed by atoms with van der Waals surface area (Å²) in [4.78, 5) is 18.6. The number of aliphatic carboxylic acids is 1. The third kappa shape index (κ3) is 6.15. The molecule has 1 saturated heterocycles. The summed E-state index contributed by atoms with van der Waals surface area (Å²) < 4.78 is 34.8. The molecule has 1 aliphatic rings. The van der Waals surface area contributed by atoms with Crippen molar-refractivity contribution in [2.24, 2.45) is 5.41 Å². The van der Waals surface area contributed by atoms with Gasteiger partial charge in [0.1, 0.15) is 17.7 Å². The van der Waals surface area contributed by atoms with Crippen LogP contribution in [0.4, 0.5) is 8.78 Å². The van der Waals surface area contributed by atoms with E-state index < -0.39 is 23.4 Å². The highest BCUT2D eigenvalue weighted by Gasteiger charge is 2.41. The van der Waals surface area contributed by atoms with Gasteiger partial charge in [-0.1, -0.05) is 35.0 Å². The molecule has 0 aliphatic carbocycles. The molecular formula is C28H26Cl2F2N2O3. The van der Waals surface area contributed by atoms with Gasteiger partial charge in [-0.2, -0.15) is 0 Å². The summed E-state index contributed by atoms with van der Waals surface area (Å²) in [7, 11) is 1.52. The van der Waals surface area contributed by atoms with Crippen LogP contribution in [0.1, 0.15) is 43.0 Å². The molecule has 1 aromatic heterocycles. The number of hydrogen-bond donors (Lipinski definition) is 1. The molecule has 1 N–H and O–H groups in total. The summed E-state index contributed by atoms with van der Waals surface area (Å²) in [6.45, 7) is 1.37. The Kier molecular flexibility index (Phi) is 8.53. The first kappa shape index (κ1) is 27.1. The Hall–Kier alpha value is -2.92. The number of likely N-dealkylation sites (tertiary alicyclic amines) is 1. The monoisotopic (exact) mass is 546 g/mol. The van der Waals surface area contributed by atoms with Gasteiger partial charge in [-0.15, -0.1) is 0 Å². The summed E-state index contributed by atoms with van der Waals surface area (Å²) in [5.41, 5.74) is 0.107. The average molecular weight is 547 g/mol. The predicted octanol–water partition coefficient (Wildman–Crippen LogP) is 6.70. The molecule has 0 bridgehead atoms. The number of carboxylic acids is 1. The summed E-state index contributed by atoms with van der Waals surface area (Å²) in [5, 5.41) is 11.1. The zero-order valence-corrected chi connectivity index (χ0v) is 21.8. The molecule has 4 rings (SSSR count). The van der Waals surface area contributed by atoms with Crippen molar-refractivity contribution in [1.29, 1.82) is 0 Å². The lowest BCUT2D eigenvalue weighted by molar-refractivity contribution is -0.152. The summed E-state index contributed by atoms with van der Waals surface area (Å²) in [6, 6.07) is 9.48. The van der Waals surface area contributed by atoms with Crippen molar-refractivity contribution in [1.82, 2.24) is 9.88 Å². The lowest BCUT2D eigenvalue weighted by Gasteiger charge is -2.38. The highest BCUT2D eigenvalue weighted by Crippen LogP contribution is 2.42. The van der Waals surface area contributed by atoms with Crippen molar-refractivity contribution in [3.8, 4) is 17.6 Å². The number of ether oxygens (including phenoxy) is 1. The van der Waals surface area contributed by atoms with Crippen molar-refractivity contribution < 1.29 is 23.4 Å². The fraction of sp³-hybridized carbons (Fsp3) is 0.357. The van der Waals surface area contributed by atoms with Crippen LogP contribution in [0.3, 0.4) is 0 Å². The topological polar surface area (TPSA) is 62.7 Å². The molecule has 0 unspecified atom stereocenters. The fourth-order valence-electron chi connectivity index (χ4n) is 4.71. The molecule has 37 heavy (non-hydrogen) atoms.